The van der Waals surface area contributed by atoms with Gasteiger partial charge in [0.25, 0.3) is 11.5 Å². The van der Waals surface area contributed by atoms with Crippen molar-refractivity contribution in [1.82, 2.24) is 19.4 Å². The molecule has 1 aliphatic carbocycles. The Morgan fingerprint density at radius 1 is 1.27 bits per heavy atom. The molecule has 1 N–H and O–H groups in total. The largest absolute Gasteiger partial charge is 0.493 e. The van der Waals surface area contributed by atoms with Crippen LogP contribution in [0.3, 0.4) is 0 Å². The molecule has 0 bridgehead atoms. The first-order valence-corrected chi connectivity index (χ1v) is 9.54. The maximum atomic E-state index is 13.0. The normalized spacial score (nSPS) is 13.3. The minimum absolute atomic E-state index is 0.0501. The fourth-order valence-corrected chi connectivity index (χ4v) is 3.55. The molecule has 1 fully saturated rings. The lowest BCUT2D eigenvalue weighted by Crippen LogP contribution is -2.31. The average Bonchev–Trinajstić information content (AvgIpc) is 3.57. The van der Waals surface area contributed by atoms with Crippen LogP contribution < -0.4 is 20.7 Å². The summed E-state index contributed by atoms with van der Waals surface area (Å²) in [7, 11) is 4.75. The number of carbonyl (C=O) groups is 1. The fourth-order valence-electron chi connectivity index (χ4n) is 3.55. The van der Waals surface area contributed by atoms with E-state index >= 15 is 0 Å². The van der Waals surface area contributed by atoms with E-state index in [4.69, 9.17) is 9.47 Å². The zero-order valence-electron chi connectivity index (χ0n) is 17.0. The molecule has 30 heavy (non-hydrogen) atoms. The Hall–Kier alpha value is -3.62. The quantitative estimate of drug-likeness (QED) is 0.663. The smallest absolute Gasteiger partial charge is 0.330 e. The molecule has 1 amide bonds. The topological polar surface area (TPSA) is 107 Å². The molecule has 1 aliphatic rings. The van der Waals surface area contributed by atoms with Crippen molar-refractivity contribution in [2.75, 3.05) is 21.3 Å². The Labute approximate surface area is 171 Å². The van der Waals surface area contributed by atoms with Gasteiger partial charge in [-0.1, -0.05) is 12.1 Å². The summed E-state index contributed by atoms with van der Waals surface area (Å²) >= 11 is 0. The highest BCUT2D eigenvalue weighted by Gasteiger charge is 2.28. The number of rotatable bonds is 6. The van der Waals surface area contributed by atoms with E-state index in [1.54, 1.807) is 27.3 Å². The maximum absolute atomic E-state index is 13.0. The number of pyridine rings is 1. The van der Waals surface area contributed by atoms with Crippen LogP contribution in [-0.4, -0.2) is 46.6 Å². The van der Waals surface area contributed by atoms with E-state index in [1.807, 2.05) is 12.1 Å². The van der Waals surface area contributed by atoms with Crippen molar-refractivity contribution < 1.29 is 14.3 Å². The molecule has 0 spiro atoms. The monoisotopic (exact) mass is 410 g/mol. The SMILES string of the molecule is COc1cccc(CN(C)C(=O)c2cnc3c(c2)c(=O)[nH]c(=O)n3C2CC2)c1OC. The third-order valence-electron chi connectivity index (χ3n) is 5.18. The number of methoxy groups -OCH3 is 2. The summed E-state index contributed by atoms with van der Waals surface area (Å²) in [6, 6.07) is 6.99. The van der Waals surface area contributed by atoms with Gasteiger partial charge < -0.3 is 14.4 Å². The predicted octanol–water partition coefficient (Wildman–Crippen LogP) is 1.71. The highest BCUT2D eigenvalue weighted by atomic mass is 16.5. The number of nitrogens with one attached hydrogen (secondary N) is 1. The van der Waals surface area contributed by atoms with Crippen LogP contribution in [0.4, 0.5) is 0 Å². The van der Waals surface area contributed by atoms with Gasteiger partial charge in [0.15, 0.2) is 11.5 Å². The number of aromatic amines is 1. The number of carbonyl (C=O) groups excluding carboxylic acids is 1. The van der Waals surface area contributed by atoms with E-state index in [0.717, 1.165) is 18.4 Å². The summed E-state index contributed by atoms with van der Waals surface area (Å²) in [4.78, 5) is 45.6. The van der Waals surface area contributed by atoms with Crippen LogP contribution in [0.1, 0.15) is 34.8 Å². The van der Waals surface area contributed by atoms with E-state index in [0.29, 0.717) is 17.1 Å². The molecule has 2 heterocycles. The number of amides is 1. The molecule has 0 radical (unpaired) electrons. The Morgan fingerprint density at radius 3 is 2.70 bits per heavy atom. The van der Waals surface area contributed by atoms with Gasteiger partial charge in [-0.2, -0.15) is 0 Å². The Morgan fingerprint density at radius 2 is 2.03 bits per heavy atom. The summed E-state index contributed by atoms with van der Waals surface area (Å²) in [5.74, 6) is 0.826. The fraction of sp³-hybridized carbons (Fsp3) is 0.333. The van der Waals surface area contributed by atoms with Gasteiger partial charge in [0.1, 0.15) is 5.65 Å². The second-order valence-corrected chi connectivity index (χ2v) is 7.27. The summed E-state index contributed by atoms with van der Waals surface area (Å²) in [6.07, 6.45) is 3.14. The minimum atomic E-state index is -0.550. The van der Waals surface area contributed by atoms with Crippen LogP contribution in [-0.2, 0) is 6.54 Å². The first-order chi connectivity index (χ1) is 14.4. The van der Waals surface area contributed by atoms with Crippen molar-refractivity contribution in [1.29, 1.82) is 0 Å². The van der Waals surface area contributed by atoms with Crippen LogP contribution in [0.5, 0.6) is 11.5 Å². The van der Waals surface area contributed by atoms with Crippen LogP contribution >= 0.6 is 0 Å². The highest BCUT2D eigenvalue weighted by molar-refractivity contribution is 5.96. The number of hydrogen-bond acceptors (Lipinski definition) is 6. The van der Waals surface area contributed by atoms with E-state index in [1.165, 1.54) is 21.7 Å². The van der Waals surface area contributed by atoms with Crippen LogP contribution in [0.2, 0.25) is 0 Å². The Bertz CT molecular complexity index is 1240. The van der Waals surface area contributed by atoms with Gasteiger partial charge >= 0.3 is 5.69 Å². The van der Waals surface area contributed by atoms with Crippen LogP contribution in [0, 0.1) is 0 Å². The van der Waals surface area contributed by atoms with E-state index in [2.05, 4.69) is 9.97 Å². The zero-order chi connectivity index (χ0) is 21.4. The first kappa shape index (κ1) is 19.7. The number of ether oxygens (including phenoxy) is 2. The summed E-state index contributed by atoms with van der Waals surface area (Å²) in [5.41, 5.74) is 0.329. The minimum Gasteiger partial charge on any atom is -0.493 e. The van der Waals surface area contributed by atoms with Crippen molar-refractivity contribution in [2.45, 2.75) is 25.4 Å². The van der Waals surface area contributed by atoms with E-state index in [9.17, 15) is 14.4 Å². The first-order valence-electron chi connectivity index (χ1n) is 9.54. The van der Waals surface area contributed by atoms with Crippen molar-refractivity contribution in [2.24, 2.45) is 0 Å². The second-order valence-electron chi connectivity index (χ2n) is 7.27. The van der Waals surface area contributed by atoms with Gasteiger partial charge in [0.2, 0.25) is 0 Å². The predicted molar refractivity (Wildman–Crippen MR) is 110 cm³/mol. The summed E-state index contributed by atoms with van der Waals surface area (Å²) in [6.45, 7) is 0.273. The second kappa shape index (κ2) is 7.66. The molecule has 9 heteroatoms. The number of aromatic nitrogens is 3. The molecule has 4 rings (SSSR count). The van der Waals surface area contributed by atoms with Crippen molar-refractivity contribution in [3.05, 3.63) is 62.4 Å². The number of hydrogen-bond donors (Lipinski definition) is 1. The molecule has 0 saturated heterocycles. The van der Waals surface area contributed by atoms with Crippen molar-refractivity contribution in [3.63, 3.8) is 0 Å². The van der Waals surface area contributed by atoms with E-state index in [-0.39, 0.29) is 29.4 Å². The molecule has 0 unspecified atom stereocenters. The van der Waals surface area contributed by atoms with Crippen molar-refractivity contribution in [3.8, 4) is 11.5 Å². The van der Waals surface area contributed by atoms with Crippen LogP contribution in [0.15, 0.2) is 40.1 Å². The maximum Gasteiger partial charge on any atom is 0.330 e. The highest BCUT2D eigenvalue weighted by Crippen LogP contribution is 2.35. The molecule has 3 aromatic rings. The Kier molecular flexibility index (Phi) is 5.03. The molecule has 1 saturated carbocycles. The van der Waals surface area contributed by atoms with Gasteiger partial charge in [0, 0.05) is 31.4 Å². The number of nitrogens with zero attached hydrogens (tertiary/aromatic N) is 3. The van der Waals surface area contributed by atoms with Gasteiger partial charge in [-0.25, -0.2) is 9.78 Å². The average molecular weight is 410 g/mol. The van der Waals surface area contributed by atoms with Gasteiger partial charge in [-0.3, -0.25) is 19.1 Å². The number of H-pyrrole nitrogens is 1. The molecule has 1 aromatic carbocycles. The van der Waals surface area contributed by atoms with Gasteiger partial charge in [-0.05, 0) is 25.0 Å². The molecule has 0 atom stereocenters. The lowest BCUT2D eigenvalue weighted by Gasteiger charge is -2.20. The molecule has 2 aromatic heterocycles. The lowest BCUT2D eigenvalue weighted by molar-refractivity contribution is 0.0783. The Balaban J connectivity index is 1.67. The molecule has 156 valence electrons. The number of benzene rings is 1. The van der Waals surface area contributed by atoms with Gasteiger partial charge in [-0.15, -0.1) is 0 Å². The molecular weight excluding hydrogens is 388 g/mol. The third kappa shape index (κ3) is 3.42. The van der Waals surface area contributed by atoms with E-state index < -0.39 is 11.2 Å². The summed E-state index contributed by atoms with van der Waals surface area (Å²) in [5, 5.41) is 0.222. The zero-order valence-corrected chi connectivity index (χ0v) is 17.0. The number of para-hydroxylation sites is 1. The molecule has 0 aliphatic heterocycles. The molecular formula is C21H22N4O5. The third-order valence-corrected chi connectivity index (χ3v) is 5.18. The van der Waals surface area contributed by atoms with Gasteiger partial charge in [0.05, 0.1) is 25.2 Å². The summed E-state index contributed by atoms with van der Waals surface area (Å²) < 4.78 is 12.2. The molecule has 9 nitrogen and oxygen atoms in total. The van der Waals surface area contributed by atoms with Crippen LogP contribution in [0.25, 0.3) is 11.0 Å². The lowest BCUT2D eigenvalue weighted by atomic mass is 10.1. The van der Waals surface area contributed by atoms with Crippen molar-refractivity contribution >= 4 is 16.9 Å². The number of fused-ring (bicyclic) bond motifs is 1. The standard InChI is InChI=1S/C21H22N4O5/c1-24(11-12-5-4-6-16(29-2)17(12)30-3)20(27)13-9-15-18(22-10-13)25(14-7-8-14)21(28)23-19(15)26/h4-6,9-10,14H,7-8,11H2,1-3H3,(H,23,26,28).